The molecule has 1 heterocycles. The van der Waals surface area contributed by atoms with E-state index in [0.29, 0.717) is 0 Å². The Morgan fingerprint density at radius 3 is 2.76 bits per heavy atom. The first-order chi connectivity index (χ1) is 9.95. The Morgan fingerprint density at radius 2 is 2.10 bits per heavy atom. The van der Waals surface area contributed by atoms with Crippen LogP contribution >= 0.6 is 0 Å². The number of rotatable bonds is 2. The third-order valence-corrected chi connectivity index (χ3v) is 3.32. The molecule has 0 bridgehead atoms. The lowest BCUT2D eigenvalue weighted by molar-refractivity contribution is -0.158. The zero-order valence-corrected chi connectivity index (χ0v) is 11.7. The van der Waals surface area contributed by atoms with Crippen LogP contribution in [0.1, 0.15) is 15.9 Å². The van der Waals surface area contributed by atoms with Crippen molar-refractivity contribution in [2.24, 2.45) is 0 Å². The number of halogens is 2. The second-order valence-corrected chi connectivity index (χ2v) is 4.69. The summed E-state index contributed by atoms with van der Waals surface area (Å²) < 4.78 is 37.4. The predicted octanol–water partition coefficient (Wildman–Crippen LogP) is 1.29. The molecule has 1 unspecified atom stereocenters. The van der Waals surface area contributed by atoms with Gasteiger partial charge in [0, 0.05) is 6.54 Å². The number of morpholine rings is 1. The highest BCUT2D eigenvalue weighted by Gasteiger charge is 2.32. The normalized spacial score (nSPS) is 18.5. The Hall–Kier alpha value is -2.02. The molecule has 0 aromatic heterocycles. The molecule has 7 heteroatoms. The molecule has 1 saturated heterocycles. The Bertz CT molecular complexity index is 576. The van der Waals surface area contributed by atoms with Crippen LogP contribution in [0.2, 0.25) is 0 Å². The summed E-state index contributed by atoms with van der Waals surface area (Å²) in [6.45, 7) is 1.60. The average Bonchev–Trinajstić information content (AvgIpc) is 2.50. The van der Waals surface area contributed by atoms with Crippen molar-refractivity contribution >= 4 is 11.9 Å². The van der Waals surface area contributed by atoms with Gasteiger partial charge in [0.05, 0.1) is 20.3 Å². The van der Waals surface area contributed by atoms with Crippen molar-refractivity contribution in [2.75, 3.05) is 26.8 Å². The van der Waals surface area contributed by atoms with Crippen molar-refractivity contribution in [1.29, 1.82) is 0 Å². The second kappa shape index (κ2) is 6.17. The summed E-state index contributed by atoms with van der Waals surface area (Å²) >= 11 is 0. The lowest BCUT2D eigenvalue weighted by Crippen LogP contribution is -2.49. The Balaban J connectivity index is 2.24. The first kappa shape index (κ1) is 15.4. The summed E-state index contributed by atoms with van der Waals surface area (Å²) in [6, 6.07) is 2.31. The fraction of sp³-hybridized carbons (Fsp3) is 0.429. The zero-order valence-electron chi connectivity index (χ0n) is 11.7. The van der Waals surface area contributed by atoms with Crippen molar-refractivity contribution in [3.63, 3.8) is 0 Å². The lowest BCUT2D eigenvalue weighted by atomic mass is 10.1. The van der Waals surface area contributed by atoms with E-state index >= 15 is 0 Å². The van der Waals surface area contributed by atoms with Crippen LogP contribution in [0.3, 0.4) is 0 Å². The molecular formula is C14H15F2NO4. The van der Waals surface area contributed by atoms with Crippen molar-refractivity contribution < 1.29 is 27.8 Å². The summed E-state index contributed by atoms with van der Waals surface area (Å²) in [6.07, 6.45) is -0.941. The maximum Gasteiger partial charge on any atom is 0.336 e. The Labute approximate surface area is 120 Å². The summed E-state index contributed by atoms with van der Waals surface area (Å²) in [4.78, 5) is 24.9. The smallest absolute Gasteiger partial charge is 0.336 e. The lowest BCUT2D eigenvalue weighted by Gasteiger charge is -2.31. The van der Waals surface area contributed by atoms with Gasteiger partial charge in [0.15, 0.2) is 6.10 Å². The fourth-order valence-corrected chi connectivity index (χ4v) is 2.12. The minimum atomic E-state index is -0.941. The molecule has 2 rings (SSSR count). The maximum atomic E-state index is 14.0. The molecule has 5 nitrogen and oxygen atoms in total. The Kier molecular flexibility index (Phi) is 4.52. The molecule has 1 fully saturated rings. The number of aryl methyl sites for hydroxylation is 1. The molecule has 0 radical (unpaired) electrons. The highest BCUT2D eigenvalue weighted by Crippen LogP contribution is 2.20. The van der Waals surface area contributed by atoms with Crippen molar-refractivity contribution in [3.05, 3.63) is 34.9 Å². The van der Waals surface area contributed by atoms with E-state index in [1.165, 1.54) is 25.0 Å². The van der Waals surface area contributed by atoms with Crippen LogP contribution in [0.4, 0.5) is 8.78 Å². The van der Waals surface area contributed by atoms with Crippen LogP contribution in [0.25, 0.3) is 0 Å². The topological polar surface area (TPSA) is 55.8 Å². The fourth-order valence-electron chi connectivity index (χ4n) is 2.12. The van der Waals surface area contributed by atoms with E-state index < -0.39 is 35.2 Å². The molecule has 1 aliphatic heterocycles. The number of methoxy groups -OCH3 is 1. The van der Waals surface area contributed by atoms with Gasteiger partial charge in [0.1, 0.15) is 17.2 Å². The van der Waals surface area contributed by atoms with Gasteiger partial charge in [-0.1, -0.05) is 6.07 Å². The van der Waals surface area contributed by atoms with Gasteiger partial charge in [-0.25, -0.2) is 13.6 Å². The number of benzene rings is 1. The summed E-state index contributed by atoms with van der Waals surface area (Å²) in [7, 11) is 1.20. The zero-order chi connectivity index (χ0) is 15.6. The highest BCUT2D eigenvalue weighted by atomic mass is 19.1. The predicted molar refractivity (Wildman–Crippen MR) is 68.8 cm³/mol. The van der Waals surface area contributed by atoms with Crippen molar-refractivity contribution in [2.45, 2.75) is 13.0 Å². The largest absolute Gasteiger partial charge is 0.467 e. The van der Waals surface area contributed by atoms with Crippen LogP contribution in [0, 0.1) is 18.6 Å². The van der Waals surface area contributed by atoms with Gasteiger partial charge in [0.2, 0.25) is 0 Å². The van der Waals surface area contributed by atoms with Crippen molar-refractivity contribution in [3.8, 4) is 0 Å². The van der Waals surface area contributed by atoms with E-state index in [1.807, 2.05) is 0 Å². The minimum absolute atomic E-state index is 0.0978. The standard InChI is InChI=1S/C14H15F2NO4/c1-8-3-4-9(15)11(12(8)16)13(18)17-5-6-21-10(7-17)14(19)20-2/h3-4,10H,5-7H2,1-2H3. The highest BCUT2D eigenvalue weighted by molar-refractivity contribution is 5.95. The molecule has 1 atom stereocenters. The van der Waals surface area contributed by atoms with E-state index in [1.54, 1.807) is 0 Å². The number of nitrogens with zero attached hydrogens (tertiary/aromatic N) is 1. The maximum absolute atomic E-state index is 14.0. The Morgan fingerprint density at radius 1 is 1.38 bits per heavy atom. The molecule has 0 aliphatic carbocycles. The first-order valence-corrected chi connectivity index (χ1v) is 6.39. The monoisotopic (exact) mass is 299 g/mol. The van der Waals surface area contributed by atoms with Crippen LogP contribution in [0.5, 0.6) is 0 Å². The third-order valence-electron chi connectivity index (χ3n) is 3.32. The number of amides is 1. The van der Waals surface area contributed by atoms with E-state index in [-0.39, 0.29) is 25.3 Å². The molecule has 1 amide bonds. The molecule has 21 heavy (non-hydrogen) atoms. The second-order valence-electron chi connectivity index (χ2n) is 4.69. The molecule has 0 spiro atoms. The van der Waals surface area contributed by atoms with Crippen LogP contribution in [0.15, 0.2) is 12.1 Å². The van der Waals surface area contributed by atoms with Crippen LogP contribution < -0.4 is 0 Å². The molecule has 0 saturated carbocycles. The van der Waals surface area contributed by atoms with Gasteiger partial charge in [0.25, 0.3) is 5.91 Å². The van der Waals surface area contributed by atoms with E-state index in [2.05, 4.69) is 4.74 Å². The van der Waals surface area contributed by atoms with Gasteiger partial charge in [-0.15, -0.1) is 0 Å². The number of esters is 1. The summed E-state index contributed by atoms with van der Waals surface area (Å²) in [5, 5.41) is 0. The molecular weight excluding hydrogens is 284 g/mol. The molecule has 1 aromatic carbocycles. The van der Waals surface area contributed by atoms with Crippen LogP contribution in [-0.4, -0.2) is 49.7 Å². The summed E-state index contributed by atoms with van der Waals surface area (Å²) in [5.74, 6) is -3.24. The average molecular weight is 299 g/mol. The molecule has 1 aliphatic rings. The quantitative estimate of drug-likeness (QED) is 0.772. The SMILES string of the molecule is COC(=O)C1CN(C(=O)c2c(F)ccc(C)c2F)CCO1. The third kappa shape index (κ3) is 3.02. The van der Waals surface area contributed by atoms with Gasteiger partial charge < -0.3 is 14.4 Å². The van der Waals surface area contributed by atoms with E-state index in [4.69, 9.17) is 4.74 Å². The van der Waals surface area contributed by atoms with Gasteiger partial charge in [-0.2, -0.15) is 0 Å². The van der Waals surface area contributed by atoms with Crippen LogP contribution in [-0.2, 0) is 14.3 Å². The first-order valence-electron chi connectivity index (χ1n) is 6.39. The van der Waals surface area contributed by atoms with E-state index in [9.17, 15) is 18.4 Å². The van der Waals surface area contributed by atoms with Gasteiger partial charge in [-0.05, 0) is 18.6 Å². The number of carbonyl (C=O) groups is 2. The number of carbonyl (C=O) groups excluding carboxylic acids is 2. The van der Waals surface area contributed by atoms with Gasteiger partial charge in [-0.3, -0.25) is 4.79 Å². The molecule has 0 N–H and O–H groups in total. The van der Waals surface area contributed by atoms with Gasteiger partial charge >= 0.3 is 5.97 Å². The number of hydrogen-bond acceptors (Lipinski definition) is 4. The number of hydrogen-bond donors (Lipinski definition) is 0. The molecule has 1 aromatic rings. The number of ether oxygens (including phenoxy) is 2. The van der Waals surface area contributed by atoms with Crippen molar-refractivity contribution in [1.82, 2.24) is 4.90 Å². The van der Waals surface area contributed by atoms with E-state index in [0.717, 1.165) is 6.07 Å². The molecule has 114 valence electrons. The minimum Gasteiger partial charge on any atom is -0.467 e. The summed E-state index contributed by atoms with van der Waals surface area (Å²) in [5.41, 5.74) is -0.432.